The number of fused-ring (bicyclic) bond motifs is 1. The van der Waals surface area contributed by atoms with Crippen LogP contribution in [0.15, 0.2) is 67.1 Å². The molecule has 0 bridgehead atoms. The predicted molar refractivity (Wildman–Crippen MR) is 107 cm³/mol. The van der Waals surface area contributed by atoms with Gasteiger partial charge in [-0.3, -0.25) is 9.97 Å². The molecule has 0 fully saturated rings. The molecule has 7 heteroatoms. The van der Waals surface area contributed by atoms with E-state index in [0.717, 1.165) is 0 Å². The Bertz CT molecular complexity index is 1090. The predicted octanol–water partition coefficient (Wildman–Crippen LogP) is 5.24. The summed E-state index contributed by atoms with van der Waals surface area (Å²) in [4.78, 5) is 13.0. The molecule has 1 unspecified atom stereocenters. The second-order valence-corrected chi connectivity index (χ2v) is 6.73. The number of aromatic hydroxyl groups is 1. The Hall–Kier alpha value is -2.89. The molecule has 0 saturated heterocycles. The first-order chi connectivity index (χ1) is 13.1. The SMILES string of the molecule is Oc1c(C(Nc2ccc(Cl)cn2)c2ccccn2)cc(Cl)c2cccnc12. The molecule has 0 aliphatic rings. The molecule has 1 atom stereocenters. The number of halogens is 2. The Morgan fingerprint density at radius 3 is 2.52 bits per heavy atom. The molecule has 0 aliphatic carbocycles. The van der Waals surface area contributed by atoms with E-state index in [1.165, 1.54) is 0 Å². The number of phenols is 1. The lowest BCUT2D eigenvalue weighted by Crippen LogP contribution is -2.15. The van der Waals surface area contributed by atoms with Crippen LogP contribution in [-0.4, -0.2) is 20.1 Å². The lowest BCUT2D eigenvalue weighted by atomic mass is 9.99. The largest absolute Gasteiger partial charge is 0.505 e. The number of nitrogens with zero attached hydrogens (tertiary/aromatic N) is 3. The van der Waals surface area contributed by atoms with Gasteiger partial charge < -0.3 is 10.4 Å². The zero-order chi connectivity index (χ0) is 18.8. The fourth-order valence-electron chi connectivity index (χ4n) is 2.89. The number of benzene rings is 1. The van der Waals surface area contributed by atoms with Crippen LogP contribution in [-0.2, 0) is 0 Å². The van der Waals surface area contributed by atoms with Crippen LogP contribution in [0.5, 0.6) is 5.75 Å². The van der Waals surface area contributed by atoms with Gasteiger partial charge in [-0.1, -0.05) is 29.3 Å². The van der Waals surface area contributed by atoms with Crippen LogP contribution in [0.2, 0.25) is 10.0 Å². The summed E-state index contributed by atoms with van der Waals surface area (Å²) >= 11 is 12.4. The van der Waals surface area contributed by atoms with Crippen LogP contribution < -0.4 is 5.32 Å². The molecular formula is C20H14Cl2N4O. The Morgan fingerprint density at radius 1 is 0.926 bits per heavy atom. The Balaban J connectivity index is 1.87. The molecule has 5 nitrogen and oxygen atoms in total. The Morgan fingerprint density at radius 2 is 1.78 bits per heavy atom. The van der Waals surface area contributed by atoms with Crippen LogP contribution in [0, 0.1) is 0 Å². The Labute approximate surface area is 165 Å². The minimum atomic E-state index is -0.483. The molecule has 134 valence electrons. The zero-order valence-electron chi connectivity index (χ0n) is 14.0. The molecule has 0 spiro atoms. The molecule has 3 heterocycles. The summed E-state index contributed by atoms with van der Waals surface area (Å²) in [5.41, 5.74) is 1.70. The molecule has 3 aromatic heterocycles. The van der Waals surface area contributed by atoms with Crippen molar-refractivity contribution in [3.05, 3.63) is 88.4 Å². The van der Waals surface area contributed by atoms with Gasteiger partial charge in [0.25, 0.3) is 0 Å². The summed E-state index contributed by atoms with van der Waals surface area (Å²) in [6, 6.07) is 13.9. The van der Waals surface area contributed by atoms with Gasteiger partial charge in [-0.15, -0.1) is 0 Å². The van der Waals surface area contributed by atoms with Gasteiger partial charge in [-0.05, 0) is 42.5 Å². The highest BCUT2D eigenvalue weighted by Gasteiger charge is 2.23. The first-order valence-corrected chi connectivity index (χ1v) is 8.94. The fraction of sp³-hybridized carbons (Fsp3) is 0.0500. The average Bonchev–Trinajstić information content (AvgIpc) is 2.71. The van der Waals surface area contributed by atoms with Crippen molar-refractivity contribution < 1.29 is 5.11 Å². The first kappa shape index (κ1) is 17.5. The molecule has 0 radical (unpaired) electrons. The van der Waals surface area contributed by atoms with E-state index in [1.54, 1.807) is 42.9 Å². The average molecular weight is 397 g/mol. The highest BCUT2D eigenvalue weighted by molar-refractivity contribution is 6.35. The standard InChI is InChI=1S/C20H14Cl2N4O/c21-12-6-7-17(25-11-12)26-18(16-5-1-2-8-23-16)14-10-15(22)13-4-3-9-24-19(13)20(14)27/h1-11,18,27H,(H,25,26). The van der Waals surface area contributed by atoms with Crippen molar-refractivity contribution in [1.29, 1.82) is 0 Å². The van der Waals surface area contributed by atoms with E-state index in [4.69, 9.17) is 23.2 Å². The summed E-state index contributed by atoms with van der Waals surface area (Å²) in [7, 11) is 0. The van der Waals surface area contributed by atoms with Crippen LogP contribution in [0.25, 0.3) is 10.9 Å². The number of hydrogen-bond donors (Lipinski definition) is 2. The van der Waals surface area contributed by atoms with Gasteiger partial charge in [0.15, 0.2) is 0 Å². The minimum Gasteiger partial charge on any atom is -0.505 e. The Kier molecular flexibility index (Phi) is 4.79. The van der Waals surface area contributed by atoms with E-state index in [9.17, 15) is 5.11 Å². The van der Waals surface area contributed by atoms with Gasteiger partial charge in [0.05, 0.1) is 21.8 Å². The van der Waals surface area contributed by atoms with Crippen molar-refractivity contribution in [2.45, 2.75) is 6.04 Å². The molecule has 27 heavy (non-hydrogen) atoms. The molecule has 0 aliphatic heterocycles. The smallest absolute Gasteiger partial charge is 0.147 e. The molecule has 4 rings (SSSR count). The molecule has 1 aromatic carbocycles. The molecule has 0 amide bonds. The second kappa shape index (κ2) is 7.39. The minimum absolute atomic E-state index is 0.0483. The lowest BCUT2D eigenvalue weighted by Gasteiger charge is -2.21. The van der Waals surface area contributed by atoms with Gasteiger partial charge in [-0.25, -0.2) is 4.98 Å². The second-order valence-electron chi connectivity index (χ2n) is 5.89. The number of anilines is 1. The number of phenolic OH excluding ortho intramolecular Hbond substituents is 1. The molecule has 0 saturated carbocycles. The van der Waals surface area contributed by atoms with Gasteiger partial charge in [-0.2, -0.15) is 0 Å². The quantitative estimate of drug-likeness (QED) is 0.493. The molecule has 4 aromatic rings. The highest BCUT2D eigenvalue weighted by Crippen LogP contribution is 2.39. The van der Waals surface area contributed by atoms with Crippen LogP contribution in [0.3, 0.4) is 0 Å². The van der Waals surface area contributed by atoms with E-state index in [1.807, 2.05) is 24.3 Å². The zero-order valence-corrected chi connectivity index (χ0v) is 15.5. The summed E-state index contributed by atoms with van der Waals surface area (Å²) in [5.74, 6) is 0.638. The lowest BCUT2D eigenvalue weighted by molar-refractivity contribution is 0.471. The van der Waals surface area contributed by atoms with Crippen molar-refractivity contribution >= 4 is 39.9 Å². The van der Waals surface area contributed by atoms with Crippen LogP contribution in [0.4, 0.5) is 5.82 Å². The van der Waals surface area contributed by atoms with E-state index < -0.39 is 6.04 Å². The van der Waals surface area contributed by atoms with E-state index >= 15 is 0 Å². The summed E-state index contributed by atoms with van der Waals surface area (Å²) in [6.45, 7) is 0. The van der Waals surface area contributed by atoms with Gasteiger partial charge >= 0.3 is 0 Å². The van der Waals surface area contributed by atoms with Crippen LogP contribution in [0.1, 0.15) is 17.3 Å². The third-order valence-electron chi connectivity index (χ3n) is 4.16. The number of pyridine rings is 3. The van der Waals surface area contributed by atoms with Gasteiger partial charge in [0.1, 0.15) is 17.1 Å². The summed E-state index contributed by atoms with van der Waals surface area (Å²) in [6.07, 6.45) is 4.86. The maximum Gasteiger partial charge on any atom is 0.147 e. The molecular weight excluding hydrogens is 383 g/mol. The van der Waals surface area contributed by atoms with Crippen LogP contribution >= 0.6 is 23.2 Å². The van der Waals surface area contributed by atoms with Crippen molar-refractivity contribution in [2.24, 2.45) is 0 Å². The third kappa shape index (κ3) is 3.52. The van der Waals surface area contributed by atoms with Crippen molar-refractivity contribution in [1.82, 2.24) is 15.0 Å². The monoisotopic (exact) mass is 396 g/mol. The topological polar surface area (TPSA) is 70.9 Å². The number of aromatic nitrogens is 3. The van der Waals surface area contributed by atoms with Gasteiger partial charge in [0.2, 0.25) is 0 Å². The third-order valence-corrected chi connectivity index (χ3v) is 4.70. The van der Waals surface area contributed by atoms with Gasteiger partial charge in [0, 0.05) is 29.5 Å². The summed E-state index contributed by atoms with van der Waals surface area (Å²) in [5, 5.41) is 15.9. The van der Waals surface area contributed by atoms with E-state index in [-0.39, 0.29) is 5.75 Å². The fourth-order valence-corrected chi connectivity index (χ4v) is 3.27. The van der Waals surface area contributed by atoms with E-state index in [2.05, 4.69) is 20.3 Å². The highest BCUT2D eigenvalue weighted by atomic mass is 35.5. The van der Waals surface area contributed by atoms with Crippen molar-refractivity contribution in [2.75, 3.05) is 5.32 Å². The number of rotatable bonds is 4. The maximum atomic E-state index is 10.9. The maximum absolute atomic E-state index is 10.9. The number of nitrogens with one attached hydrogen (secondary N) is 1. The molecule has 2 N–H and O–H groups in total. The first-order valence-electron chi connectivity index (χ1n) is 8.18. The van der Waals surface area contributed by atoms with Crippen molar-refractivity contribution in [3.63, 3.8) is 0 Å². The van der Waals surface area contributed by atoms with E-state index in [0.29, 0.717) is 38.0 Å². The number of hydrogen-bond acceptors (Lipinski definition) is 5. The summed E-state index contributed by atoms with van der Waals surface area (Å²) < 4.78 is 0. The normalized spacial score (nSPS) is 12.1. The van der Waals surface area contributed by atoms with Crippen molar-refractivity contribution in [3.8, 4) is 5.75 Å².